The van der Waals surface area contributed by atoms with Gasteiger partial charge >= 0.3 is 23.4 Å². The van der Waals surface area contributed by atoms with Gasteiger partial charge in [0.1, 0.15) is 11.5 Å². The van der Waals surface area contributed by atoms with Crippen LogP contribution in [0.25, 0.3) is 0 Å². The van der Waals surface area contributed by atoms with Gasteiger partial charge in [-0.05, 0) is 43.9 Å². The lowest BCUT2D eigenvalue weighted by atomic mass is 9.76. The van der Waals surface area contributed by atoms with E-state index >= 15 is 0 Å². The third kappa shape index (κ3) is 6.24. The van der Waals surface area contributed by atoms with E-state index in [1.165, 1.54) is 11.1 Å². The lowest BCUT2D eigenvalue weighted by Crippen LogP contribution is -2.23. The summed E-state index contributed by atoms with van der Waals surface area (Å²) < 4.78 is 32.7. The van der Waals surface area contributed by atoms with Gasteiger partial charge < -0.3 is 12.6 Å². The Morgan fingerprint density at radius 3 is 1.31 bits per heavy atom. The van der Waals surface area contributed by atoms with Gasteiger partial charge in [0.2, 0.25) is 0 Å². The summed E-state index contributed by atoms with van der Waals surface area (Å²) in [6.07, 6.45) is 0.629. The van der Waals surface area contributed by atoms with Crippen molar-refractivity contribution in [1.29, 1.82) is 0 Å². The number of phosphoric acid groups is 1. The summed E-state index contributed by atoms with van der Waals surface area (Å²) in [6.45, 7) is 26.4. The molecule has 197 valence electrons. The average Bonchev–Trinajstić information content (AvgIpc) is 2.65. The van der Waals surface area contributed by atoms with Crippen LogP contribution in [-0.4, -0.2) is 15.6 Å². The molecule has 36 heavy (non-hydrogen) atoms. The molecular formula is C30H45AlO4P. The predicted octanol–water partition coefficient (Wildman–Crippen LogP) is 9.03. The van der Waals surface area contributed by atoms with E-state index in [1.54, 1.807) is 0 Å². The van der Waals surface area contributed by atoms with Gasteiger partial charge in [0, 0.05) is 17.5 Å². The van der Waals surface area contributed by atoms with Crippen molar-refractivity contribution in [3.05, 3.63) is 57.6 Å². The first kappa shape index (κ1) is 29.3. The molecule has 0 atom stereocenters. The monoisotopic (exact) mass is 527 g/mol. The number of fused-ring (bicyclic) bond motifs is 2. The molecule has 1 heterocycles. The highest BCUT2D eigenvalue weighted by Crippen LogP contribution is 2.57. The molecule has 4 nitrogen and oxygen atoms in total. The van der Waals surface area contributed by atoms with Crippen LogP contribution in [0, 0.1) is 0 Å². The zero-order valence-corrected chi connectivity index (χ0v) is 26.7. The number of rotatable bonds is 2. The van der Waals surface area contributed by atoms with Crippen LogP contribution in [0.15, 0.2) is 24.3 Å². The molecule has 1 aliphatic heterocycles. The van der Waals surface area contributed by atoms with Gasteiger partial charge in [-0.2, -0.15) is 0 Å². The minimum Gasteiger partial charge on any atom is -0.405 e. The van der Waals surface area contributed by atoms with Crippen molar-refractivity contribution >= 4 is 23.4 Å². The van der Waals surface area contributed by atoms with Gasteiger partial charge in [-0.25, -0.2) is 4.57 Å². The Morgan fingerprint density at radius 1 is 0.667 bits per heavy atom. The van der Waals surface area contributed by atoms with Gasteiger partial charge in [-0.1, -0.05) is 113 Å². The highest BCUT2D eigenvalue weighted by molar-refractivity contribution is 7.50. The second-order valence-electron chi connectivity index (χ2n) is 14.2. The quantitative estimate of drug-likeness (QED) is 0.289. The van der Waals surface area contributed by atoms with Crippen molar-refractivity contribution in [3.8, 4) is 11.5 Å². The van der Waals surface area contributed by atoms with Crippen LogP contribution in [0.4, 0.5) is 0 Å². The summed E-state index contributed by atoms with van der Waals surface area (Å²) >= 11 is -0.561. The Labute approximate surface area is 226 Å². The van der Waals surface area contributed by atoms with E-state index in [9.17, 15) is 4.57 Å². The Morgan fingerprint density at radius 2 is 1.03 bits per heavy atom. The molecule has 6 heteroatoms. The normalized spacial score (nSPS) is 16.1. The molecule has 0 spiro atoms. The van der Waals surface area contributed by atoms with E-state index in [0.29, 0.717) is 17.9 Å². The largest absolute Gasteiger partial charge is 0.558 e. The van der Waals surface area contributed by atoms with Crippen molar-refractivity contribution in [1.82, 2.24) is 0 Å². The van der Waals surface area contributed by atoms with Crippen LogP contribution >= 0.6 is 7.82 Å². The standard InChI is InChI=1S/C29H43O4P.CH3.Al/c1-26(2,3)20-14-18-13-19-15-21(27(4,5)6)17-23(29(10,11)12)25(19)33-34(30,31)32-24(18)22(16-20)28(7,8)9;;/h14-17H,13H2,1-12H3,(H,30,31);1H3;/q;;+1/p-1. The zero-order valence-electron chi connectivity index (χ0n) is 24.7. The van der Waals surface area contributed by atoms with Gasteiger partial charge in [0.15, 0.2) is 0 Å². The number of hydrogen-bond acceptors (Lipinski definition) is 4. The molecule has 0 saturated heterocycles. The summed E-state index contributed by atoms with van der Waals surface area (Å²) in [4.78, 5) is 0. The maximum Gasteiger partial charge on any atom is 0.558 e. The smallest absolute Gasteiger partial charge is 0.405 e. The van der Waals surface area contributed by atoms with Crippen molar-refractivity contribution in [2.75, 3.05) is 0 Å². The van der Waals surface area contributed by atoms with E-state index in [-0.39, 0.29) is 21.7 Å². The fraction of sp³-hybridized carbons (Fsp3) is 0.600. The maximum atomic E-state index is 14.2. The zero-order chi connectivity index (χ0) is 27.5. The summed E-state index contributed by atoms with van der Waals surface area (Å²) in [7, 11) is -3.92. The molecule has 0 unspecified atom stereocenters. The number of benzene rings is 2. The molecule has 0 amide bonds. The SMILES string of the molecule is [CH3][Al][O]P1(=O)Oc2c(cc(C(C)(C)C)cc2C(C)(C)C)Cc2cc(C(C)(C)C)cc(C(C)(C)C)c2O1. The van der Waals surface area contributed by atoms with E-state index in [4.69, 9.17) is 12.6 Å². The van der Waals surface area contributed by atoms with Crippen LogP contribution in [0.2, 0.25) is 5.79 Å². The fourth-order valence-electron chi connectivity index (χ4n) is 4.46. The highest BCUT2D eigenvalue weighted by Gasteiger charge is 2.39. The summed E-state index contributed by atoms with van der Waals surface area (Å²) in [6, 6.07) is 8.86. The molecule has 0 aliphatic carbocycles. The maximum absolute atomic E-state index is 14.2. The van der Waals surface area contributed by atoms with Crippen molar-refractivity contribution < 1.29 is 17.2 Å². The summed E-state index contributed by atoms with van der Waals surface area (Å²) in [5.74, 6) is 3.17. The molecule has 0 bridgehead atoms. The molecule has 3 rings (SSSR count). The minimum atomic E-state index is -3.92. The van der Waals surface area contributed by atoms with Crippen LogP contribution < -0.4 is 9.05 Å². The molecule has 2 aromatic carbocycles. The molecular weight excluding hydrogens is 482 g/mol. The van der Waals surface area contributed by atoms with Crippen molar-refractivity contribution in [2.24, 2.45) is 0 Å². The topological polar surface area (TPSA) is 44.8 Å². The molecule has 0 aromatic heterocycles. The molecule has 2 aromatic rings. The molecule has 1 aliphatic rings. The molecule has 0 N–H and O–H groups in total. The second-order valence-corrected chi connectivity index (χ2v) is 16.7. The van der Waals surface area contributed by atoms with Crippen molar-refractivity contribution in [2.45, 2.75) is 117 Å². The van der Waals surface area contributed by atoms with E-state index < -0.39 is 23.4 Å². The van der Waals surface area contributed by atoms with E-state index in [1.807, 2.05) is 5.79 Å². The Bertz CT molecular complexity index is 1100. The Kier molecular flexibility index (Phi) is 7.74. The first-order chi connectivity index (χ1) is 16.2. The lowest BCUT2D eigenvalue weighted by molar-refractivity contribution is 0.294. The first-order valence-corrected chi connectivity index (χ1v) is 16.1. The average molecular weight is 528 g/mol. The third-order valence-electron chi connectivity index (χ3n) is 6.70. The summed E-state index contributed by atoms with van der Waals surface area (Å²) in [5.41, 5.74) is 6.03. The second kappa shape index (κ2) is 9.50. The minimum absolute atomic E-state index is 0.0473. The Balaban J connectivity index is 2.47. The molecule has 1 radical (unpaired) electrons. The van der Waals surface area contributed by atoms with Crippen LogP contribution in [0.5, 0.6) is 11.5 Å². The predicted molar refractivity (Wildman–Crippen MR) is 152 cm³/mol. The van der Waals surface area contributed by atoms with Gasteiger partial charge in [-0.3, -0.25) is 0 Å². The third-order valence-corrected chi connectivity index (χ3v) is 9.39. The number of phosphoric ester groups is 1. The van der Waals surface area contributed by atoms with E-state index in [2.05, 4.69) is 107 Å². The lowest BCUT2D eigenvalue weighted by Gasteiger charge is -2.35. The van der Waals surface area contributed by atoms with Gasteiger partial charge in [-0.15, -0.1) is 0 Å². The van der Waals surface area contributed by atoms with Crippen molar-refractivity contribution in [3.63, 3.8) is 0 Å². The van der Waals surface area contributed by atoms with Crippen LogP contribution in [-0.2, 0) is 36.2 Å². The van der Waals surface area contributed by atoms with Crippen LogP contribution in [0.1, 0.15) is 116 Å². The highest BCUT2D eigenvalue weighted by atomic mass is 31.2. The summed E-state index contributed by atoms with van der Waals surface area (Å²) in [5, 5.41) is 0. The number of hydrogen-bond donors (Lipinski definition) is 0. The Hall–Kier alpha value is -1.24. The van der Waals surface area contributed by atoms with Gasteiger partial charge in [0.05, 0.1) is 0 Å². The van der Waals surface area contributed by atoms with Crippen LogP contribution in [0.3, 0.4) is 0 Å². The van der Waals surface area contributed by atoms with Gasteiger partial charge in [0.25, 0.3) is 0 Å². The fourth-order valence-corrected chi connectivity index (χ4v) is 6.75. The molecule has 0 saturated carbocycles. The molecule has 0 fully saturated rings. The van der Waals surface area contributed by atoms with E-state index in [0.717, 1.165) is 22.3 Å². The first-order valence-electron chi connectivity index (χ1n) is 13.0.